The minimum Gasteiger partial charge on any atom is -0.343 e. The molecule has 0 radical (unpaired) electrons. The molecule has 1 aliphatic heterocycles. The summed E-state index contributed by atoms with van der Waals surface area (Å²) in [4.78, 5) is 38.2. The van der Waals surface area contributed by atoms with E-state index in [1.807, 2.05) is 31.2 Å². The molecule has 6 nitrogen and oxygen atoms in total. The number of para-hydroxylation sites is 1. The molecule has 1 heterocycles. The third-order valence-electron chi connectivity index (χ3n) is 4.85. The van der Waals surface area contributed by atoms with E-state index in [1.165, 1.54) is 0 Å². The summed E-state index contributed by atoms with van der Waals surface area (Å²) in [5.74, 6) is -0.479. The molecule has 0 aliphatic carbocycles. The van der Waals surface area contributed by atoms with Gasteiger partial charge in [0.2, 0.25) is 11.8 Å². The van der Waals surface area contributed by atoms with Crippen LogP contribution in [0.3, 0.4) is 0 Å². The van der Waals surface area contributed by atoms with E-state index in [2.05, 4.69) is 10.6 Å². The second kappa shape index (κ2) is 9.17. The summed E-state index contributed by atoms with van der Waals surface area (Å²) < 4.78 is 0. The lowest BCUT2D eigenvalue weighted by molar-refractivity contribution is -0.119. The van der Waals surface area contributed by atoms with Crippen molar-refractivity contribution in [1.82, 2.24) is 5.32 Å². The van der Waals surface area contributed by atoms with E-state index >= 15 is 0 Å². The number of rotatable bonds is 6. The molecule has 0 unspecified atom stereocenters. The maximum absolute atomic E-state index is 12.3. The van der Waals surface area contributed by atoms with Gasteiger partial charge >= 0.3 is 0 Å². The van der Waals surface area contributed by atoms with Gasteiger partial charge in [0, 0.05) is 29.9 Å². The van der Waals surface area contributed by atoms with Crippen LogP contribution in [0.15, 0.2) is 48.5 Å². The number of hydrogen-bond acceptors (Lipinski definition) is 3. The topological polar surface area (TPSA) is 78.5 Å². The normalized spacial score (nSPS) is 13.9. The lowest BCUT2D eigenvalue weighted by atomic mass is 10.1. The molecule has 0 spiro atoms. The Balaban J connectivity index is 1.54. The highest BCUT2D eigenvalue weighted by molar-refractivity contribution is 6.00. The lowest BCUT2D eigenvalue weighted by Crippen LogP contribution is -2.35. The predicted octanol–water partition coefficient (Wildman–Crippen LogP) is 3.13. The van der Waals surface area contributed by atoms with Gasteiger partial charge in [-0.05, 0) is 55.2 Å². The van der Waals surface area contributed by atoms with Gasteiger partial charge < -0.3 is 15.5 Å². The van der Waals surface area contributed by atoms with Crippen LogP contribution in [-0.2, 0) is 16.0 Å². The van der Waals surface area contributed by atoms with Crippen molar-refractivity contribution in [3.63, 3.8) is 0 Å². The Morgan fingerprint density at radius 2 is 1.79 bits per heavy atom. The molecule has 2 aromatic carbocycles. The maximum Gasteiger partial charge on any atom is 0.251 e. The summed E-state index contributed by atoms with van der Waals surface area (Å²) in [7, 11) is 0. The summed E-state index contributed by atoms with van der Waals surface area (Å²) in [5.41, 5.74) is 3.06. The first-order valence-corrected chi connectivity index (χ1v) is 9.65. The van der Waals surface area contributed by atoms with Crippen LogP contribution in [-0.4, -0.2) is 30.8 Å². The average molecular weight is 379 g/mol. The smallest absolute Gasteiger partial charge is 0.251 e. The van der Waals surface area contributed by atoms with Crippen LogP contribution >= 0.6 is 0 Å². The molecule has 2 N–H and O–H groups in total. The number of aryl methyl sites for hydroxylation is 1. The molecule has 6 heteroatoms. The number of anilines is 2. The van der Waals surface area contributed by atoms with E-state index in [-0.39, 0.29) is 24.3 Å². The number of amides is 3. The van der Waals surface area contributed by atoms with Gasteiger partial charge in [0.25, 0.3) is 5.91 Å². The van der Waals surface area contributed by atoms with Gasteiger partial charge in [0.05, 0.1) is 6.54 Å². The SMILES string of the molecule is CCc1ccccc1NC(=O)CNC(=O)c1ccc(N2CCCCC2=O)cc1. The van der Waals surface area contributed by atoms with Gasteiger partial charge in [0.1, 0.15) is 0 Å². The number of nitrogens with one attached hydrogen (secondary N) is 2. The Labute approximate surface area is 164 Å². The van der Waals surface area contributed by atoms with E-state index in [1.54, 1.807) is 29.2 Å². The van der Waals surface area contributed by atoms with Crippen molar-refractivity contribution in [2.75, 3.05) is 23.3 Å². The first kappa shape index (κ1) is 19.6. The van der Waals surface area contributed by atoms with Crippen molar-refractivity contribution in [3.8, 4) is 0 Å². The summed E-state index contributed by atoms with van der Waals surface area (Å²) >= 11 is 0. The molecule has 0 saturated carbocycles. The Hall–Kier alpha value is -3.15. The van der Waals surface area contributed by atoms with Gasteiger partial charge in [-0.3, -0.25) is 14.4 Å². The fraction of sp³-hybridized carbons (Fsp3) is 0.318. The van der Waals surface area contributed by atoms with Crippen molar-refractivity contribution >= 4 is 29.1 Å². The van der Waals surface area contributed by atoms with Gasteiger partial charge in [0.15, 0.2) is 0 Å². The molecule has 3 rings (SSSR count). The molecular weight excluding hydrogens is 354 g/mol. The van der Waals surface area contributed by atoms with Crippen LogP contribution in [0.1, 0.15) is 42.1 Å². The highest BCUT2D eigenvalue weighted by Crippen LogP contribution is 2.21. The highest BCUT2D eigenvalue weighted by Gasteiger charge is 2.19. The second-order valence-electron chi connectivity index (χ2n) is 6.79. The average Bonchev–Trinajstić information content (AvgIpc) is 2.73. The Bertz CT molecular complexity index is 862. The van der Waals surface area contributed by atoms with E-state index in [0.29, 0.717) is 18.5 Å². The zero-order valence-electron chi connectivity index (χ0n) is 16.0. The van der Waals surface area contributed by atoms with E-state index in [4.69, 9.17) is 0 Å². The quantitative estimate of drug-likeness (QED) is 0.809. The van der Waals surface area contributed by atoms with Crippen LogP contribution in [0.2, 0.25) is 0 Å². The monoisotopic (exact) mass is 379 g/mol. The fourth-order valence-electron chi connectivity index (χ4n) is 3.28. The predicted molar refractivity (Wildman–Crippen MR) is 109 cm³/mol. The molecule has 1 fully saturated rings. The molecule has 2 aromatic rings. The standard InChI is InChI=1S/C22H25N3O3/c1-2-16-7-3-4-8-19(16)24-20(26)15-23-22(28)17-10-12-18(13-11-17)25-14-6-5-9-21(25)27/h3-4,7-8,10-13H,2,5-6,9,14-15H2,1H3,(H,23,28)(H,24,26). The molecule has 0 atom stereocenters. The number of benzene rings is 2. The van der Waals surface area contributed by atoms with Crippen molar-refractivity contribution in [2.24, 2.45) is 0 Å². The molecule has 146 valence electrons. The summed E-state index contributed by atoms with van der Waals surface area (Å²) in [5, 5.41) is 5.46. The Morgan fingerprint density at radius 1 is 1.04 bits per heavy atom. The summed E-state index contributed by atoms with van der Waals surface area (Å²) in [6, 6.07) is 14.5. The summed E-state index contributed by atoms with van der Waals surface area (Å²) in [6.07, 6.45) is 3.30. The zero-order chi connectivity index (χ0) is 19.9. The van der Waals surface area contributed by atoms with Crippen LogP contribution in [0, 0.1) is 0 Å². The number of nitrogens with zero attached hydrogens (tertiary/aromatic N) is 1. The first-order chi connectivity index (χ1) is 13.6. The number of piperidine rings is 1. The Kier molecular flexibility index (Phi) is 6.42. The third-order valence-corrected chi connectivity index (χ3v) is 4.85. The molecule has 1 saturated heterocycles. The number of carbonyl (C=O) groups excluding carboxylic acids is 3. The van der Waals surface area contributed by atoms with Crippen LogP contribution in [0.25, 0.3) is 0 Å². The van der Waals surface area contributed by atoms with Gasteiger partial charge in [-0.2, -0.15) is 0 Å². The fourth-order valence-corrected chi connectivity index (χ4v) is 3.28. The van der Waals surface area contributed by atoms with E-state index < -0.39 is 0 Å². The van der Waals surface area contributed by atoms with Gasteiger partial charge in [-0.15, -0.1) is 0 Å². The minimum atomic E-state index is -0.324. The van der Waals surface area contributed by atoms with Crippen LogP contribution in [0.5, 0.6) is 0 Å². The van der Waals surface area contributed by atoms with Crippen LogP contribution < -0.4 is 15.5 Å². The molecule has 28 heavy (non-hydrogen) atoms. The molecule has 0 aromatic heterocycles. The number of carbonyl (C=O) groups is 3. The van der Waals surface area contributed by atoms with E-state index in [9.17, 15) is 14.4 Å². The molecule has 3 amide bonds. The van der Waals surface area contributed by atoms with Crippen molar-refractivity contribution in [3.05, 3.63) is 59.7 Å². The van der Waals surface area contributed by atoms with Crippen molar-refractivity contribution in [1.29, 1.82) is 0 Å². The van der Waals surface area contributed by atoms with Gasteiger partial charge in [-0.1, -0.05) is 25.1 Å². The minimum absolute atomic E-state index is 0.108. The zero-order valence-corrected chi connectivity index (χ0v) is 16.0. The number of hydrogen-bond donors (Lipinski definition) is 2. The van der Waals surface area contributed by atoms with Crippen molar-refractivity contribution < 1.29 is 14.4 Å². The van der Waals surface area contributed by atoms with Crippen LogP contribution in [0.4, 0.5) is 11.4 Å². The van der Waals surface area contributed by atoms with Crippen molar-refractivity contribution in [2.45, 2.75) is 32.6 Å². The largest absolute Gasteiger partial charge is 0.343 e. The maximum atomic E-state index is 12.3. The second-order valence-corrected chi connectivity index (χ2v) is 6.79. The lowest BCUT2D eigenvalue weighted by Gasteiger charge is -2.26. The molecule has 1 aliphatic rings. The Morgan fingerprint density at radius 3 is 2.50 bits per heavy atom. The van der Waals surface area contributed by atoms with E-state index in [0.717, 1.165) is 36.2 Å². The van der Waals surface area contributed by atoms with Gasteiger partial charge in [-0.25, -0.2) is 0 Å². The third kappa shape index (κ3) is 4.76. The first-order valence-electron chi connectivity index (χ1n) is 9.65. The molecule has 0 bridgehead atoms. The summed E-state index contributed by atoms with van der Waals surface area (Å²) in [6.45, 7) is 2.63. The highest BCUT2D eigenvalue weighted by atomic mass is 16.2. The molecular formula is C22H25N3O3.